The van der Waals surface area contributed by atoms with Crippen molar-refractivity contribution in [1.82, 2.24) is 0 Å². The molecule has 0 atom stereocenters. The molecule has 4 rings (SSSR count). The zero-order valence-corrected chi connectivity index (χ0v) is 18.0. The number of rotatable bonds is 5. The summed E-state index contributed by atoms with van der Waals surface area (Å²) >= 11 is 6.05. The number of aryl methyl sites for hydroxylation is 1. The van der Waals surface area contributed by atoms with E-state index in [1.54, 1.807) is 35.2 Å². The van der Waals surface area contributed by atoms with Gasteiger partial charge in [0.1, 0.15) is 5.75 Å². The number of nitrogens with zero attached hydrogens (tertiary/aromatic N) is 1. The maximum atomic E-state index is 13.0. The van der Waals surface area contributed by atoms with E-state index in [0.29, 0.717) is 35.0 Å². The van der Waals surface area contributed by atoms with Crippen molar-refractivity contribution >= 4 is 34.8 Å². The van der Waals surface area contributed by atoms with E-state index in [4.69, 9.17) is 16.3 Å². The molecule has 5 nitrogen and oxygen atoms in total. The Hall–Kier alpha value is -3.31. The fraction of sp³-hybridized carbons (Fsp3) is 0.200. The van der Waals surface area contributed by atoms with Gasteiger partial charge in [0.2, 0.25) is 0 Å². The summed E-state index contributed by atoms with van der Waals surface area (Å²) in [4.78, 5) is 27.5. The van der Waals surface area contributed by atoms with Crippen molar-refractivity contribution in [2.75, 3.05) is 23.4 Å². The molecule has 158 valence electrons. The van der Waals surface area contributed by atoms with Crippen molar-refractivity contribution in [3.63, 3.8) is 0 Å². The first-order chi connectivity index (χ1) is 15.0. The lowest BCUT2D eigenvalue weighted by atomic mass is 9.98. The van der Waals surface area contributed by atoms with E-state index in [2.05, 4.69) is 5.32 Å². The number of carbonyl (C=O) groups is 2. The Balaban J connectivity index is 1.52. The van der Waals surface area contributed by atoms with Crippen LogP contribution >= 0.6 is 11.6 Å². The third-order valence-electron chi connectivity index (χ3n) is 5.20. The molecule has 1 aliphatic heterocycles. The van der Waals surface area contributed by atoms with Gasteiger partial charge in [-0.1, -0.05) is 17.7 Å². The Morgan fingerprint density at radius 2 is 1.84 bits per heavy atom. The number of anilines is 2. The van der Waals surface area contributed by atoms with Crippen LogP contribution in [0.1, 0.15) is 39.6 Å². The van der Waals surface area contributed by atoms with Crippen LogP contribution in [0.15, 0.2) is 66.7 Å². The third-order valence-corrected chi connectivity index (χ3v) is 5.44. The van der Waals surface area contributed by atoms with Gasteiger partial charge in [-0.05, 0) is 86.0 Å². The van der Waals surface area contributed by atoms with Crippen LogP contribution in [0, 0.1) is 0 Å². The molecule has 2 amide bonds. The van der Waals surface area contributed by atoms with Crippen LogP contribution in [0.25, 0.3) is 0 Å². The van der Waals surface area contributed by atoms with Crippen molar-refractivity contribution in [3.8, 4) is 5.75 Å². The van der Waals surface area contributed by atoms with Gasteiger partial charge in [0.15, 0.2) is 0 Å². The van der Waals surface area contributed by atoms with Gasteiger partial charge in [-0.2, -0.15) is 0 Å². The van der Waals surface area contributed by atoms with Gasteiger partial charge in [-0.3, -0.25) is 9.59 Å². The van der Waals surface area contributed by atoms with Crippen LogP contribution < -0.4 is 15.0 Å². The van der Waals surface area contributed by atoms with Crippen molar-refractivity contribution in [2.24, 2.45) is 0 Å². The molecule has 0 saturated carbocycles. The maximum Gasteiger partial charge on any atom is 0.258 e. The Morgan fingerprint density at radius 3 is 2.58 bits per heavy atom. The second kappa shape index (κ2) is 9.23. The third kappa shape index (κ3) is 4.72. The van der Waals surface area contributed by atoms with E-state index in [9.17, 15) is 9.59 Å². The van der Waals surface area contributed by atoms with E-state index in [-0.39, 0.29) is 11.8 Å². The summed E-state index contributed by atoms with van der Waals surface area (Å²) in [6.07, 6.45) is 1.65. The topological polar surface area (TPSA) is 58.6 Å². The van der Waals surface area contributed by atoms with Crippen molar-refractivity contribution in [3.05, 3.63) is 88.4 Å². The minimum Gasteiger partial charge on any atom is -0.494 e. The first-order valence-electron chi connectivity index (χ1n) is 10.3. The molecule has 0 unspecified atom stereocenters. The van der Waals surface area contributed by atoms with Gasteiger partial charge in [-0.15, -0.1) is 0 Å². The Bertz CT molecular complexity index is 1110. The average molecular weight is 435 g/mol. The largest absolute Gasteiger partial charge is 0.494 e. The predicted octanol–water partition coefficient (Wildman–Crippen LogP) is 5.58. The molecule has 0 radical (unpaired) electrons. The summed E-state index contributed by atoms with van der Waals surface area (Å²) < 4.78 is 5.43. The number of halogens is 1. The van der Waals surface area contributed by atoms with Crippen molar-refractivity contribution in [2.45, 2.75) is 19.8 Å². The number of ether oxygens (including phenoxy) is 1. The molecule has 0 aliphatic carbocycles. The molecular weight excluding hydrogens is 412 g/mol. The van der Waals surface area contributed by atoms with Crippen LogP contribution in [0.4, 0.5) is 11.4 Å². The van der Waals surface area contributed by atoms with Crippen LogP contribution in [-0.2, 0) is 6.42 Å². The number of hydrogen-bond acceptors (Lipinski definition) is 3. The van der Waals surface area contributed by atoms with Gasteiger partial charge in [0, 0.05) is 34.1 Å². The van der Waals surface area contributed by atoms with Gasteiger partial charge in [0.25, 0.3) is 11.8 Å². The van der Waals surface area contributed by atoms with E-state index >= 15 is 0 Å². The molecule has 0 aromatic heterocycles. The first kappa shape index (κ1) is 20.9. The number of carbonyl (C=O) groups excluding carboxylic acids is 2. The number of fused-ring (bicyclic) bond motifs is 1. The van der Waals surface area contributed by atoms with E-state index in [1.807, 2.05) is 43.3 Å². The van der Waals surface area contributed by atoms with Gasteiger partial charge in [0.05, 0.1) is 6.61 Å². The maximum absolute atomic E-state index is 13.0. The second-order valence-corrected chi connectivity index (χ2v) is 7.76. The monoisotopic (exact) mass is 434 g/mol. The molecule has 6 heteroatoms. The summed E-state index contributed by atoms with van der Waals surface area (Å²) in [5.74, 6) is 0.485. The highest BCUT2D eigenvalue weighted by atomic mass is 35.5. The zero-order chi connectivity index (χ0) is 21.8. The van der Waals surface area contributed by atoms with Crippen molar-refractivity contribution in [1.29, 1.82) is 0 Å². The summed E-state index contributed by atoms with van der Waals surface area (Å²) in [5.41, 5.74) is 3.64. The molecule has 1 N–H and O–H groups in total. The molecule has 0 fully saturated rings. The minimum atomic E-state index is -0.190. The lowest BCUT2D eigenvalue weighted by Crippen LogP contribution is -2.35. The molecule has 1 aliphatic rings. The number of nitrogens with one attached hydrogen (secondary N) is 1. The highest BCUT2D eigenvalue weighted by Gasteiger charge is 2.24. The molecule has 0 bridgehead atoms. The fourth-order valence-electron chi connectivity index (χ4n) is 3.73. The van der Waals surface area contributed by atoms with Crippen LogP contribution in [0.5, 0.6) is 5.75 Å². The lowest BCUT2D eigenvalue weighted by Gasteiger charge is -2.30. The summed E-state index contributed by atoms with van der Waals surface area (Å²) in [6, 6.07) is 19.7. The summed E-state index contributed by atoms with van der Waals surface area (Å²) in [6.45, 7) is 3.16. The Labute approximate surface area is 186 Å². The molecule has 0 spiro atoms. The van der Waals surface area contributed by atoms with E-state index in [1.165, 1.54) is 0 Å². The van der Waals surface area contributed by atoms with Crippen LogP contribution in [0.3, 0.4) is 0 Å². The molecular formula is C25H23ClN2O3. The molecule has 3 aromatic rings. The van der Waals surface area contributed by atoms with Crippen LogP contribution in [-0.4, -0.2) is 25.0 Å². The zero-order valence-electron chi connectivity index (χ0n) is 17.2. The highest BCUT2D eigenvalue weighted by Crippen LogP contribution is 2.30. The van der Waals surface area contributed by atoms with Crippen molar-refractivity contribution < 1.29 is 14.3 Å². The molecule has 31 heavy (non-hydrogen) atoms. The molecule has 1 heterocycles. The van der Waals surface area contributed by atoms with E-state index in [0.717, 1.165) is 29.8 Å². The average Bonchev–Trinajstić information content (AvgIpc) is 2.79. The normalized spacial score (nSPS) is 12.8. The van der Waals surface area contributed by atoms with E-state index < -0.39 is 0 Å². The second-order valence-electron chi connectivity index (χ2n) is 7.33. The number of amides is 2. The fourth-order valence-corrected chi connectivity index (χ4v) is 3.92. The quantitative estimate of drug-likeness (QED) is 0.570. The molecule has 0 saturated heterocycles. The summed E-state index contributed by atoms with van der Waals surface area (Å²) in [7, 11) is 0. The predicted molar refractivity (Wildman–Crippen MR) is 123 cm³/mol. The lowest BCUT2D eigenvalue weighted by molar-refractivity contribution is 0.0984. The minimum absolute atomic E-state index is 0.0879. The number of hydrogen-bond donors (Lipinski definition) is 1. The van der Waals surface area contributed by atoms with Gasteiger partial charge < -0.3 is 15.0 Å². The van der Waals surface area contributed by atoms with Gasteiger partial charge in [-0.25, -0.2) is 0 Å². The standard InChI is InChI=1S/C25H23ClN2O3/c1-2-31-22-11-9-21(10-12-22)27-24(29)18-8-13-23-17(15-18)6-4-14-28(23)25(30)19-5-3-7-20(26)16-19/h3,5,7-13,15-16H,2,4,6,14H2,1H3,(H,27,29). The first-order valence-corrected chi connectivity index (χ1v) is 10.7. The van der Waals surface area contributed by atoms with Gasteiger partial charge >= 0.3 is 0 Å². The van der Waals surface area contributed by atoms with Crippen LogP contribution in [0.2, 0.25) is 5.02 Å². The molecule has 3 aromatic carbocycles. The highest BCUT2D eigenvalue weighted by molar-refractivity contribution is 6.31. The Kier molecular flexibility index (Phi) is 6.23. The SMILES string of the molecule is CCOc1ccc(NC(=O)c2ccc3c(c2)CCCN3C(=O)c2cccc(Cl)c2)cc1. The smallest absolute Gasteiger partial charge is 0.258 e. The number of benzene rings is 3. The summed E-state index contributed by atoms with van der Waals surface area (Å²) in [5, 5.41) is 3.44. The Morgan fingerprint density at radius 1 is 1.03 bits per heavy atom.